The van der Waals surface area contributed by atoms with Crippen molar-refractivity contribution in [3.63, 3.8) is 0 Å². The second kappa shape index (κ2) is 10.9. The Labute approximate surface area is 220 Å². The van der Waals surface area contributed by atoms with Crippen LogP contribution in [0.15, 0.2) is 42.5 Å². The van der Waals surface area contributed by atoms with E-state index in [0.717, 1.165) is 30.5 Å². The Morgan fingerprint density at radius 3 is 2.78 bits per heavy atom. The summed E-state index contributed by atoms with van der Waals surface area (Å²) in [6.45, 7) is 2.43. The second-order valence-electron chi connectivity index (χ2n) is 9.57. The highest BCUT2D eigenvalue weighted by Gasteiger charge is 2.40. The average molecular weight is 525 g/mol. The number of carbonyl (C=O) groups excluding carboxylic acids is 4. The maximum absolute atomic E-state index is 13.0. The molecule has 194 valence electrons. The van der Waals surface area contributed by atoms with Crippen LogP contribution in [-0.4, -0.2) is 65.2 Å². The maximum Gasteiger partial charge on any atom is 0.255 e. The number of rotatable bonds is 8. The van der Waals surface area contributed by atoms with E-state index in [0.29, 0.717) is 42.5 Å². The predicted molar refractivity (Wildman–Crippen MR) is 136 cm³/mol. The summed E-state index contributed by atoms with van der Waals surface area (Å²) in [5.41, 5.74) is 2.21. The summed E-state index contributed by atoms with van der Waals surface area (Å²) in [4.78, 5) is 53.3. The number of halogens is 1. The van der Waals surface area contributed by atoms with Gasteiger partial charge >= 0.3 is 0 Å². The van der Waals surface area contributed by atoms with Gasteiger partial charge in [0.15, 0.2) is 0 Å². The summed E-state index contributed by atoms with van der Waals surface area (Å²) in [5.74, 6) is -0.391. The molecule has 2 atom stereocenters. The molecule has 37 heavy (non-hydrogen) atoms. The Hall–Kier alpha value is -3.43. The van der Waals surface area contributed by atoms with Crippen molar-refractivity contribution in [3.05, 3.63) is 64.2 Å². The normalized spacial score (nSPS) is 21.6. The fourth-order valence-electron chi connectivity index (χ4n) is 5.31. The number of ether oxygens (including phenoxy) is 1. The number of imide groups is 1. The van der Waals surface area contributed by atoms with E-state index in [9.17, 15) is 19.2 Å². The third kappa shape index (κ3) is 5.47. The summed E-state index contributed by atoms with van der Waals surface area (Å²) >= 11 is 6.03. The zero-order chi connectivity index (χ0) is 25.9. The molecule has 4 amide bonds. The van der Waals surface area contributed by atoms with Crippen LogP contribution in [0.4, 0.5) is 0 Å². The SMILES string of the molecule is O=C1CCC(N2Cc3c(OCCN4CCCC4C(=O)NCc4cccc(Cl)c4)cccc3C2=O)C(=O)N1. The molecule has 2 fully saturated rings. The molecule has 9 nitrogen and oxygen atoms in total. The molecule has 3 aliphatic rings. The molecular weight excluding hydrogens is 496 g/mol. The van der Waals surface area contributed by atoms with Crippen molar-refractivity contribution in [3.8, 4) is 5.75 Å². The van der Waals surface area contributed by atoms with E-state index >= 15 is 0 Å². The van der Waals surface area contributed by atoms with Crippen LogP contribution in [0.3, 0.4) is 0 Å². The van der Waals surface area contributed by atoms with Gasteiger partial charge in [0.25, 0.3) is 5.91 Å². The van der Waals surface area contributed by atoms with Crippen molar-refractivity contribution in [2.75, 3.05) is 19.7 Å². The van der Waals surface area contributed by atoms with Crippen LogP contribution in [-0.2, 0) is 27.5 Å². The third-order valence-electron chi connectivity index (χ3n) is 7.20. The largest absolute Gasteiger partial charge is 0.492 e. The number of amides is 4. The van der Waals surface area contributed by atoms with Crippen LogP contribution in [0.5, 0.6) is 5.75 Å². The van der Waals surface area contributed by atoms with Gasteiger partial charge in [0, 0.05) is 35.7 Å². The first-order valence-electron chi connectivity index (χ1n) is 12.6. The number of likely N-dealkylation sites (tertiary alicyclic amines) is 1. The molecule has 2 N–H and O–H groups in total. The number of nitrogens with zero attached hydrogens (tertiary/aromatic N) is 2. The molecule has 3 aliphatic heterocycles. The zero-order valence-electron chi connectivity index (χ0n) is 20.4. The number of hydrogen-bond donors (Lipinski definition) is 2. The smallest absolute Gasteiger partial charge is 0.255 e. The highest BCUT2D eigenvalue weighted by atomic mass is 35.5. The van der Waals surface area contributed by atoms with E-state index in [-0.39, 0.29) is 36.7 Å². The molecule has 2 unspecified atom stereocenters. The van der Waals surface area contributed by atoms with Crippen LogP contribution < -0.4 is 15.4 Å². The average Bonchev–Trinajstić information content (AvgIpc) is 3.48. The highest BCUT2D eigenvalue weighted by molar-refractivity contribution is 6.30. The Bertz CT molecular complexity index is 1240. The van der Waals surface area contributed by atoms with E-state index in [2.05, 4.69) is 15.5 Å². The molecule has 5 rings (SSSR count). The number of benzene rings is 2. The van der Waals surface area contributed by atoms with E-state index < -0.39 is 11.9 Å². The Kier molecular flexibility index (Phi) is 7.43. The Morgan fingerprint density at radius 2 is 1.97 bits per heavy atom. The molecule has 0 aromatic heterocycles. The monoisotopic (exact) mass is 524 g/mol. The second-order valence-corrected chi connectivity index (χ2v) is 10.0. The fourth-order valence-corrected chi connectivity index (χ4v) is 5.52. The molecule has 0 saturated carbocycles. The third-order valence-corrected chi connectivity index (χ3v) is 7.43. The number of hydrogen-bond acceptors (Lipinski definition) is 6. The summed E-state index contributed by atoms with van der Waals surface area (Å²) < 4.78 is 6.09. The lowest BCUT2D eigenvalue weighted by Gasteiger charge is -2.29. The van der Waals surface area contributed by atoms with Crippen LogP contribution in [0.25, 0.3) is 0 Å². The fraction of sp³-hybridized carbons (Fsp3) is 0.407. The van der Waals surface area contributed by atoms with Gasteiger partial charge in [-0.2, -0.15) is 0 Å². The maximum atomic E-state index is 13.0. The van der Waals surface area contributed by atoms with Gasteiger partial charge in [0.2, 0.25) is 17.7 Å². The zero-order valence-corrected chi connectivity index (χ0v) is 21.1. The first-order chi connectivity index (χ1) is 17.9. The van der Waals surface area contributed by atoms with E-state index in [4.69, 9.17) is 16.3 Å². The predicted octanol–water partition coefficient (Wildman–Crippen LogP) is 2.26. The summed E-state index contributed by atoms with van der Waals surface area (Å²) in [6.07, 6.45) is 2.25. The van der Waals surface area contributed by atoms with Gasteiger partial charge < -0.3 is 15.0 Å². The molecule has 2 saturated heterocycles. The molecule has 2 aromatic rings. The van der Waals surface area contributed by atoms with Crippen molar-refractivity contribution in [1.29, 1.82) is 0 Å². The lowest BCUT2D eigenvalue weighted by Crippen LogP contribution is -2.52. The molecule has 3 heterocycles. The van der Waals surface area contributed by atoms with E-state index in [1.165, 1.54) is 4.90 Å². The molecule has 0 bridgehead atoms. The van der Waals surface area contributed by atoms with E-state index in [1.807, 2.05) is 24.3 Å². The summed E-state index contributed by atoms with van der Waals surface area (Å²) in [5, 5.41) is 5.97. The van der Waals surface area contributed by atoms with Crippen LogP contribution in [0.1, 0.15) is 47.2 Å². The lowest BCUT2D eigenvalue weighted by atomic mass is 10.0. The van der Waals surface area contributed by atoms with Crippen molar-refractivity contribution in [2.24, 2.45) is 0 Å². The van der Waals surface area contributed by atoms with Gasteiger partial charge in [-0.25, -0.2) is 0 Å². The minimum absolute atomic E-state index is 0.0106. The van der Waals surface area contributed by atoms with Gasteiger partial charge in [0.1, 0.15) is 18.4 Å². The number of piperidine rings is 1. The van der Waals surface area contributed by atoms with E-state index in [1.54, 1.807) is 18.2 Å². The quantitative estimate of drug-likeness (QED) is 0.513. The molecule has 0 aliphatic carbocycles. The highest BCUT2D eigenvalue weighted by Crippen LogP contribution is 2.33. The summed E-state index contributed by atoms with van der Waals surface area (Å²) in [7, 11) is 0. The Balaban J connectivity index is 1.16. The number of carbonyl (C=O) groups is 4. The molecule has 2 aromatic carbocycles. The standard InChI is InChI=1S/C27H29ClN4O5/c28-18-5-1-4-17(14-18)15-29-25(34)21-7-3-11-31(21)12-13-37-23-8-2-6-19-20(23)16-32(27(19)36)22-9-10-24(33)30-26(22)35/h1-2,4-6,8,14,21-22H,3,7,9-13,15-16H2,(H,29,34)(H,30,33,35). The van der Waals surface area contributed by atoms with Crippen molar-refractivity contribution >= 4 is 35.2 Å². The molecule has 0 spiro atoms. The minimum atomic E-state index is -0.666. The number of nitrogens with one attached hydrogen (secondary N) is 2. The van der Waals surface area contributed by atoms with Gasteiger partial charge in [-0.05, 0) is 55.6 Å². The Morgan fingerprint density at radius 1 is 1.14 bits per heavy atom. The van der Waals surface area contributed by atoms with Crippen LogP contribution in [0, 0.1) is 0 Å². The molecule has 0 radical (unpaired) electrons. The van der Waals surface area contributed by atoms with Gasteiger partial charge in [0.05, 0.1) is 12.6 Å². The first-order valence-corrected chi connectivity index (χ1v) is 12.9. The lowest BCUT2D eigenvalue weighted by molar-refractivity contribution is -0.137. The number of fused-ring (bicyclic) bond motifs is 1. The van der Waals surface area contributed by atoms with Crippen molar-refractivity contribution in [1.82, 2.24) is 20.4 Å². The minimum Gasteiger partial charge on any atom is -0.492 e. The molecule has 10 heteroatoms. The van der Waals surface area contributed by atoms with Gasteiger partial charge in [-0.15, -0.1) is 0 Å². The topological polar surface area (TPSA) is 108 Å². The van der Waals surface area contributed by atoms with Crippen LogP contribution in [0.2, 0.25) is 5.02 Å². The van der Waals surface area contributed by atoms with Crippen LogP contribution >= 0.6 is 11.6 Å². The first kappa shape index (κ1) is 25.2. The van der Waals surface area contributed by atoms with Crippen molar-refractivity contribution in [2.45, 2.75) is 50.9 Å². The van der Waals surface area contributed by atoms with Crippen molar-refractivity contribution < 1.29 is 23.9 Å². The molecular formula is C27H29ClN4O5. The van der Waals surface area contributed by atoms with Gasteiger partial charge in [-0.3, -0.25) is 29.4 Å². The van der Waals surface area contributed by atoms with Gasteiger partial charge in [-0.1, -0.05) is 29.8 Å². The summed E-state index contributed by atoms with van der Waals surface area (Å²) in [6, 6.07) is 11.9.